The standard InChI is InChI=1S/C14H10N4O5S/c1-7-9(4-5-22-7)13-16-17-14(23-13)24-11-3-2-8(12(15)19)6-10(11)18(20)21/h2-6H,1H3,(H2,15,19). The van der Waals surface area contributed by atoms with Crippen molar-refractivity contribution in [3.8, 4) is 11.5 Å². The largest absolute Gasteiger partial charge is 0.469 e. The van der Waals surface area contributed by atoms with Gasteiger partial charge in [0.15, 0.2) is 0 Å². The van der Waals surface area contributed by atoms with E-state index in [4.69, 9.17) is 14.6 Å². The van der Waals surface area contributed by atoms with Gasteiger partial charge in [-0.25, -0.2) is 0 Å². The molecule has 1 amide bonds. The highest BCUT2D eigenvalue weighted by Gasteiger charge is 2.20. The Balaban J connectivity index is 1.92. The number of carbonyl (C=O) groups is 1. The van der Waals surface area contributed by atoms with E-state index in [0.717, 1.165) is 17.8 Å². The zero-order valence-electron chi connectivity index (χ0n) is 12.3. The molecular weight excluding hydrogens is 336 g/mol. The highest BCUT2D eigenvalue weighted by Crippen LogP contribution is 2.36. The highest BCUT2D eigenvalue weighted by molar-refractivity contribution is 7.99. The SMILES string of the molecule is Cc1occc1-c1nnc(Sc2ccc(C(N)=O)cc2[N+](=O)[O-])o1. The molecule has 9 nitrogen and oxygen atoms in total. The van der Waals surface area contributed by atoms with E-state index < -0.39 is 10.8 Å². The maximum absolute atomic E-state index is 11.2. The molecule has 0 saturated carbocycles. The van der Waals surface area contributed by atoms with Crippen LogP contribution in [-0.4, -0.2) is 21.0 Å². The first-order valence-electron chi connectivity index (χ1n) is 6.60. The van der Waals surface area contributed by atoms with Gasteiger partial charge in [0.1, 0.15) is 5.76 Å². The van der Waals surface area contributed by atoms with Crippen molar-refractivity contribution in [2.45, 2.75) is 17.0 Å². The van der Waals surface area contributed by atoms with Gasteiger partial charge in [-0.1, -0.05) is 0 Å². The van der Waals surface area contributed by atoms with Crippen LogP contribution in [0.15, 0.2) is 49.5 Å². The van der Waals surface area contributed by atoms with Crippen LogP contribution in [0.4, 0.5) is 5.69 Å². The van der Waals surface area contributed by atoms with Crippen LogP contribution in [0.25, 0.3) is 11.5 Å². The van der Waals surface area contributed by atoms with Gasteiger partial charge in [-0.3, -0.25) is 14.9 Å². The third kappa shape index (κ3) is 2.99. The molecule has 2 heterocycles. The minimum atomic E-state index is -0.745. The number of carbonyl (C=O) groups excluding carboxylic acids is 1. The van der Waals surface area contributed by atoms with E-state index in [2.05, 4.69) is 10.2 Å². The maximum Gasteiger partial charge on any atom is 0.284 e. The number of hydrogen-bond acceptors (Lipinski definition) is 8. The number of rotatable bonds is 5. The average molecular weight is 346 g/mol. The molecule has 0 aliphatic rings. The number of nitrogens with zero attached hydrogens (tertiary/aromatic N) is 3. The van der Waals surface area contributed by atoms with E-state index in [1.165, 1.54) is 18.4 Å². The molecule has 10 heteroatoms. The molecule has 0 bridgehead atoms. The summed E-state index contributed by atoms with van der Waals surface area (Å²) in [6.07, 6.45) is 1.50. The molecule has 0 spiro atoms. The lowest BCUT2D eigenvalue weighted by Gasteiger charge is -2.01. The van der Waals surface area contributed by atoms with Crippen LogP contribution in [0, 0.1) is 17.0 Å². The lowest BCUT2D eigenvalue weighted by atomic mass is 10.2. The van der Waals surface area contributed by atoms with Crippen LogP contribution >= 0.6 is 11.8 Å². The fourth-order valence-electron chi connectivity index (χ4n) is 1.96. The number of benzene rings is 1. The van der Waals surface area contributed by atoms with Crippen LogP contribution in [0.1, 0.15) is 16.1 Å². The molecule has 2 N–H and O–H groups in total. The second-order valence-electron chi connectivity index (χ2n) is 4.67. The van der Waals surface area contributed by atoms with Crippen LogP contribution in [0.5, 0.6) is 0 Å². The van der Waals surface area contributed by atoms with E-state index in [-0.39, 0.29) is 27.3 Å². The first-order valence-corrected chi connectivity index (χ1v) is 7.41. The summed E-state index contributed by atoms with van der Waals surface area (Å²) in [7, 11) is 0. The van der Waals surface area contributed by atoms with E-state index in [1.807, 2.05) is 0 Å². The van der Waals surface area contributed by atoms with Gasteiger partial charge < -0.3 is 14.6 Å². The molecule has 0 radical (unpaired) electrons. The number of primary amides is 1. The third-order valence-corrected chi connectivity index (χ3v) is 4.04. The number of nitro benzene ring substituents is 1. The van der Waals surface area contributed by atoms with Gasteiger partial charge in [0.2, 0.25) is 5.91 Å². The molecule has 0 atom stereocenters. The summed E-state index contributed by atoms with van der Waals surface area (Å²) in [5, 5.41) is 19.1. The second kappa shape index (κ2) is 6.16. The van der Waals surface area contributed by atoms with Crippen molar-refractivity contribution < 1.29 is 18.6 Å². The molecule has 0 saturated heterocycles. The van der Waals surface area contributed by atoms with Gasteiger partial charge in [-0.05, 0) is 36.9 Å². The van der Waals surface area contributed by atoms with Gasteiger partial charge in [0, 0.05) is 11.6 Å². The van der Waals surface area contributed by atoms with E-state index in [0.29, 0.717) is 11.3 Å². The Bertz CT molecular complexity index is 933. The molecular formula is C14H10N4O5S. The molecule has 2 aromatic heterocycles. The monoisotopic (exact) mass is 346 g/mol. The van der Waals surface area contributed by atoms with E-state index in [1.54, 1.807) is 13.0 Å². The van der Waals surface area contributed by atoms with Gasteiger partial charge in [0.05, 0.1) is 21.6 Å². The number of aromatic nitrogens is 2. The fraction of sp³-hybridized carbons (Fsp3) is 0.0714. The van der Waals surface area contributed by atoms with Crippen molar-refractivity contribution in [3.63, 3.8) is 0 Å². The highest BCUT2D eigenvalue weighted by atomic mass is 32.2. The lowest BCUT2D eigenvalue weighted by Crippen LogP contribution is -2.11. The van der Waals surface area contributed by atoms with Crippen LogP contribution in [0.3, 0.4) is 0 Å². The van der Waals surface area contributed by atoms with Gasteiger partial charge in [0.25, 0.3) is 16.8 Å². The number of aryl methyl sites for hydroxylation is 1. The zero-order chi connectivity index (χ0) is 17.3. The van der Waals surface area contributed by atoms with E-state index in [9.17, 15) is 14.9 Å². The number of amides is 1. The summed E-state index contributed by atoms with van der Waals surface area (Å²) in [5.41, 5.74) is 5.56. The zero-order valence-corrected chi connectivity index (χ0v) is 13.1. The summed E-state index contributed by atoms with van der Waals surface area (Å²) in [5.74, 6) is 0.123. The minimum absolute atomic E-state index is 0.0475. The van der Waals surface area contributed by atoms with Crippen molar-refractivity contribution >= 4 is 23.4 Å². The number of furan rings is 1. The Labute approximate surface area is 139 Å². The summed E-state index contributed by atoms with van der Waals surface area (Å²) in [6.45, 7) is 1.75. The maximum atomic E-state index is 11.2. The second-order valence-corrected chi connectivity index (χ2v) is 5.66. The number of nitro groups is 1. The Kier molecular flexibility index (Phi) is 4.04. The Morgan fingerprint density at radius 1 is 1.33 bits per heavy atom. The van der Waals surface area contributed by atoms with Gasteiger partial charge >= 0.3 is 0 Å². The Morgan fingerprint density at radius 3 is 2.75 bits per heavy atom. The smallest absolute Gasteiger partial charge is 0.284 e. The number of hydrogen-bond donors (Lipinski definition) is 1. The summed E-state index contributed by atoms with van der Waals surface area (Å²) in [6, 6.07) is 5.61. The van der Waals surface area contributed by atoms with Crippen molar-refractivity contribution in [1.82, 2.24) is 10.2 Å². The molecule has 24 heavy (non-hydrogen) atoms. The first kappa shape index (κ1) is 15.7. The molecule has 0 fully saturated rings. The molecule has 3 aromatic rings. The summed E-state index contributed by atoms with van der Waals surface area (Å²) < 4.78 is 10.7. The average Bonchev–Trinajstić information content (AvgIpc) is 3.15. The Morgan fingerprint density at radius 2 is 2.12 bits per heavy atom. The van der Waals surface area contributed by atoms with Crippen LogP contribution in [0.2, 0.25) is 0 Å². The summed E-state index contributed by atoms with van der Waals surface area (Å²) >= 11 is 0.922. The van der Waals surface area contributed by atoms with Gasteiger partial charge in [-0.2, -0.15) is 0 Å². The molecule has 3 rings (SSSR count). The van der Waals surface area contributed by atoms with Crippen molar-refractivity contribution in [3.05, 3.63) is 52.0 Å². The quantitative estimate of drug-likeness (QED) is 0.549. The molecule has 0 aliphatic carbocycles. The van der Waals surface area contributed by atoms with Gasteiger partial charge in [-0.15, -0.1) is 10.2 Å². The van der Waals surface area contributed by atoms with Crippen molar-refractivity contribution in [1.29, 1.82) is 0 Å². The Hall–Kier alpha value is -3.14. The van der Waals surface area contributed by atoms with Crippen molar-refractivity contribution in [2.24, 2.45) is 5.73 Å². The van der Waals surface area contributed by atoms with Crippen LogP contribution in [-0.2, 0) is 0 Å². The normalized spacial score (nSPS) is 10.7. The molecule has 0 unspecified atom stereocenters. The molecule has 1 aromatic carbocycles. The summed E-state index contributed by atoms with van der Waals surface area (Å²) in [4.78, 5) is 22.0. The molecule has 0 aliphatic heterocycles. The number of nitrogens with two attached hydrogens (primary N) is 1. The van der Waals surface area contributed by atoms with Crippen molar-refractivity contribution in [2.75, 3.05) is 0 Å². The topological polar surface area (TPSA) is 138 Å². The predicted octanol–water partition coefficient (Wildman–Crippen LogP) is 2.80. The first-order chi connectivity index (χ1) is 11.5. The fourth-order valence-corrected chi connectivity index (χ4v) is 2.72. The third-order valence-electron chi connectivity index (χ3n) is 3.13. The lowest BCUT2D eigenvalue weighted by molar-refractivity contribution is -0.387. The predicted molar refractivity (Wildman–Crippen MR) is 82.5 cm³/mol. The minimum Gasteiger partial charge on any atom is -0.469 e. The molecule has 122 valence electrons. The van der Waals surface area contributed by atoms with Crippen LogP contribution < -0.4 is 5.73 Å². The van der Waals surface area contributed by atoms with E-state index >= 15 is 0 Å².